The van der Waals surface area contributed by atoms with Crippen molar-refractivity contribution < 1.29 is 14.5 Å². The van der Waals surface area contributed by atoms with Crippen LogP contribution in [0, 0.1) is 10.1 Å². The molecule has 0 unspecified atom stereocenters. The summed E-state index contributed by atoms with van der Waals surface area (Å²) in [5.41, 5.74) is 1.26. The van der Waals surface area contributed by atoms with Gasteiger partial charge < -0.3 is 0 Å². The zero-order valence-corrected chi connectivity index (χ0v) is 10.8. The molecule has 102 valence electrons. The van der Waals surface area contributed by atoms with Crippen LogP contribution in [-0.4, -0.2) is 16.5 Å². The number of carbonyl (C=O) groups is 2. The van der Waals surface area contributed by atoms with Crippen LogP contribution in [0.15, 0.2) is 48.5 Å². The van der Waals surface area contributed by atoms with Crippen LogP contribution in [0.3, 0.4) is 0 Å². The van der Waals surface area contributed by atoms with E-state index in [4.69, 9.17) is 0 Å². The minimum atomic E-state index is -0.630. The second-order valence-electron chi connectivity index (χ2n) is 4.58. The van der Waals surface area contributed by atoms with Crippen LogP contribution in [0.1, 0.15) is 21.5 Å². The monoisotopic (exact) mass is 279 g/mol. The highest BCUT2D eigenvalue weighted by molar-refractivity contribution is 6.64. The minimum Gasteiger partial charge on any atom is -0.285 e. The Morgan fingerprint density at radius 3 is 2.19 bits per heavy atom. The molecule has 0 atom stereocenters. The molecule has 2 aromatic rings. The molecule has 0 aliphatic heterocycles. The Balaban J connectivity index is 2.20. The topological polar surface area (TPSA) is 77.3 Å². The summed E-state index contributed by atoms with van der Waals surface area (Å²) in [5, 5.41) is 11.0. The molecule has 1 aliphatic rings. The van der Waals surface area contributed by atoms with E-state index in [1.165, 1.54) is 12.1 Å². The highest BCUT2D eigenvalue weighted by Gasteiger charge is 2.33. The first-order valence-corrected chi connectivity index (χ1v) is 6.23. The highest BCUT2D eigenvalue weighted by atomic mass is 16.6. The SMILES string of the molecule is O=C1C(=O)c2ccccc2/C1=C/c1ccccc1[N+](=O)[O-]. The molecule has 1 aliphatic carbocycles. The van der Waals surface area contributed by atoms with Gasteiger partial charge >= 0.3 is 0 Å². The molecule has 0 N–H and O–H groups in total. The lowest BCUT2D eigenvalue weighted by Crippen LogP contribution is -2.05. The number of allylic oxidation sites excluding steroid dienone is 1. The number of hydrogen-bond donors (Lipinski definition) is 0. The molecule has 0 saturated heterocycles. The second-order valence-corrected chi connectivity index (χ2v) is 4.58. The van der Waals surface area contributed by atoms with Crippen molar-refractivity contribution in [2.45, 2.75) is 0 Å². The minimum absolute atomic E-state index is 0.102. The third-order valence-electron chi connectivity index (χ3n) is 3.35. The van der Waals surface area contributed by atoms with Crippen molar-refractivity contribution >= 4 is 28.9 Å². The summed E-state index contributed by atoms with van der Waals surface area (Å²) in [4.78, 5) is 34.4. The van der Waals surface area contributed by atoms with Crippen molar-refractivity contribution in [1.29, 1.82) is 0 Å². The Kier molecular flexibility index (Phi) is 2.95. The molecule has 0 heterocycles. The summed E-state index contributed by atoms with van der Waals surface area (Å²) in [6.07, 6.45) is 1.41. The summed E-state index contributed by atoms with van der Waals surface area (Å²) in [7, 11) is 0. The highest BCUT2D eigenvalue weighted by Crippen LogP contribution is 2.32. The largest absolute Gasteiger partial charge is 0.285 e. The number of fused-ring (bicyclic) bond motifs is 1. The van der Waals surface area contributed by atoms with Gasteiger partial charge in [-0.05, 0) is 17.7 Å². The van der Waals surface area contributed by atoms with Crippen LogP contribution in [0.25, 0.3) is 11.6 Å². The summed E-state index contributed by atoms with van der Waals surface area (Å²) >= 11 is 0. The first kappa shape index (κ1) is 12.9. The lowest BCUT2D eigenvalue weighted by Gasteiger charge is -2.00. The van der Waals surface area contributed by atoms with E-state index in [0.29, 0.717) is 16.7 Å². The van der Waals surface area contributed by atoms with Gasteiger partial charge in [-0.3, -0.25) is 19.7 Å². The maximum absolute atomic E-state index is 12.1. The van der Waals surface area contributed by atoms with Gasteiger partial charge in [0.1, 0.15) is 0 Å². The number of nitro benzene ring substituents is 1. The number of benzene rings is 2. The fourth-order valence-electron chi connectivity index (χ4n) is 2.36. The molecular formula is C16H9NO4. The molecule has 0 amide bonds. The molecule has 0 saturated carbocycles. The summed E-state index contributed by atoms with van der Waals surface area (Å²) < 4.78 is 0. The van der Waals surface area contributed by atoms with Crippen molar-refractivity contribution in [3.05, 3.63) is 75.3 Å². The summed E-state index contributed by atoms with van der Waals surface area (Å²) in [5.74, 6) is -1.20. The van der Waals surface area contributed by atoms with Gasteiger partial charge in [0, 0.05) is 17.2 Å². The van der Waals surface area contributed by atoms with Crippen LogP contribution in [0.4, 0.5) is 5.69 Å². The normalized spacial score (nSPS) is 15.3. The number of carbonyl (C=O) groups excluding carboxylic acids is 2. The number of Topliss-reactive ketones (excluding diaryl/α,β-unsaturated/α-hetero) is 2. The Labute approximate surface area is 119 Å². The van der Waals surface area contributed by atoms with Gasteiger partial charge in [0.2, 0.25) is 11.6 Å². The van der Waals surface area contributed by atoms with Crippen LogP contribution < -0.4 is 0 Å². The zero-order valence-electron chi connectivity index (χ0n) is 10.8. The van der Waals surface area contributed by atoms with E-state index < -0.39 is 16.5 Å². The van der Waals surface area contributed by atoms with E-state index in [-0.39, 0.29) is 11.3 Å². The molecule has 0 spiro atoms. The molecular weight excluding hydrogens is 270 g/mol. The molecule has 5 heteroatoms. The van der Waals surface area contributed by atoms with Crippen molar-refractivity contribution in [2.24, 2.45) is 0 Å². The summed E-state index contributed by atoms with van der Waals surface area (Å²) in [6, 6.07) is 12.7. The lowest BCUT2D eigenvalue weighted by molar-refractivity contribution is -0.385. The molecule has 2 aromatic carbocycles. The number of hydrogen-bond acceptors (Lipinski definition) is 4. The third-order valence-corrected chi connectivity index (χ3v) is 3.35. The molecule has 21 heavy (non-hydrogen) atoms. The van der Waals surface area contributed by atoms with Crippen molar-refractivity contribution in [3.8, 4) is 0 Å². The molecule has 0 aromatic heterocycles. The smallest absolute Gasteiger partial charge is 0.276 e. The molecule has 3 rings (SSSR count). The molecule has 0 bridgehead atoms. The van der Waals surface area contributed by atoms with Gasteiger partial charge in [0.15, 0.2) is 0 Å². The van der Waals surface area contributed by atoms with Crippen LogP contribution in [-0.2, 0) is 4.79 Å². The van der Waals surface area contributed by atoms with E-state index in [9.17, 15) is 19.7 Å². The van der Waals surface area contributed by atoms with Gasteiger partial charge in [-0.1, -0.05) is 36.4 Å². The standard InChI is InChI=1S/C16H9NO4/c18-15-12-7-3-2-6-11(12)13(16(15)19)9-10-5-1-4-8-14(10)17(20)21/h1-9H/b13-9-. The Bertz CT molecular complexity index is 821. The average molecular weight is 279 g/mol. The van der Waals surface area contributed by atoms with Crippen LogP contribution in [0.5, 0.6) is 0 Å². The van der Waals surface area contributed by atoms with Crippen molar-refractivity contribution in [3.63, 3.8) is 0 Å². The quantitative estimate of drug-likeness (QED) is 0.366. The van der Waals surface area contributed by atoms with E-state index >= 15 is 0 Å². The van der Waals surface area contributed by atoms with Gasteiger partial charge in [-0.25, -0.2) is 0 Å². The number of nitro groups is 1. The Hall–Kier alpha value is -3.08. The molecule has 0 fully saturated rings. The third kappa shape index (κ3) is 2.04. The van der Waals surface area contributed by atoms with E-state index in [2.05, 4.69) is 0 Å². The lowest BCUT2D eigenvalue weighted by atomic mass is 10.0. The van der Waals surface area contributed by atoms with Crippen LogP contribution in [0.2, 0.25) is 0 Å². The van der Waals surface area contributed by atoms with Crippen molar-refractivity contribution in [2.75, 3.05) is 0 Å². The van der Waals surface area contributed by atoms with E-state index in [1.807, 2.05) is 0 Å². The zero-order chi connectivity index (χ0) is 15.0. The maximum atomic E-state index is 12.1. The predicted molar refractivity (Wildman–Crippen MR) is 76.7 cm³/mol. The molecule has 5 nitrogen and oxygen atoms in total. The first-order valence-electron chi connectivity index (χ1n) is 6.23. The van der Waals surface area contributed by atoms with Crippen LogP contribution >= 0.6 is 0 Å². The van der Waals surface area contributed by atoms with Gasteiger partial charge in [-0.15, -0.1) is 0 Å². The Morgan fingerprint density at radius 1 is 0.857 bits per heavy atom. The van der Waals surface area contributed by atoms with Gasteiger partial charge in [0.05, 0.1) is 10.5 Å². The number of para-hydroxylation sites is 1. The maximum Gasteiger partial charge on any atom is 0.276 e. The van der Waals surface area contributed by atoms with E-state index in [0.717, 1.165) is 0 Å². The predicted octanol–water partition coefficient (Wildman–Crippen LogP) is 2.90. The first-order chi connectivity index (χ1) is 10.1. The summed E-state index contributed by atoms with van der Waals surface area (Å²) in [6.45, 7) is 0. The molecule has 0 radical (unpaired) electrons. The number of nitrogens with zero attached hydrogens (tertiary/aromatic N) is 1. The average Bonchev–Trinajstić information content (AvgIpc) is 2.73. The van der Waals surface area contributed by atoms with Crippen molar-refractivity contribution in [1.82, 2.24) is 0 Å². The fourth-order valence-corrected chi connectivity index (χ4v) is 2.36. The Morgan fingerprint density at radius 2 is 1.48 bits per heavy atom. The van der Waals surface area contributed by atoms with Gasteiger partial charge in [-0.2, -0.15) is 0 Å². The van der Waals surface area contributed by atoms with E-state index in [1.54, 1.807) is 42.5 Å². The number of ketones is 2. The fraction of sp³-hybridized carbons (Fsp3) is 0. The second kappa shape index (κ2) is 4.79. The number of rotatable bonds is 2. The van der Waals surface area contributed by atoms with Gasteiger partial charge in [0.25, 0.3) is 5.69 Å².